The number of fused-ring (bicyclic) bond motifs is 1. The lowest BCUT2D eigenvalue weighted by Crippen LogP contribution is -2.34. The van der Waals surface area contributed by atoms with E-state index < -0.39 is 0 Å². The predicted molar refractivity (Wildman–Crippen MR) is 106 cm³/mol. The summed E-state index contributed by atoms with van der Waals surface area (Å²) in [6.45, 7) is 3.36. The predicted octanol–water partition coefficient (Wildman–Crippen LogP) is 2.67. The van der Waals surface area contributed by atoms with E-state index in [0.717, 1.165) is 54.8 Å². The molecule has 1 aromatic carbocycles. The summed E-state index contributed by atoms with van der Waals surface area (Å²) in [5, 5.41) is 4.58. The molecule has 1 atom stereocenters. The van der Waals surface area contributed by atoms with Crippen LogP contribution >= 0.6 is 11.8 Å². The first-order chi connectivity index (χ1) is 13.2. The van der Waals surface area contributed by atoms with Crippen molar-refractivity contribution in [2.45, 2.75) is 50.1 Å². The van der Waals surface area contributed by atoms with E-state index in [4.69, 9.17) is 4.74 Å². The van der Waals surface area contributed by atoms with E-state index in [2.05, 4.69) is 27.1 Å². The number of hydrogen-bond donors (Lipinski definition) is 1. The van der Waals surface area contributed by atoms with Gasteiger partial charge in [-0.15, -0.1) is 0 Å². The number of carbonyl (C=O) groups excluding carboxylic acids is 1. The number of thioether (sulfide) groups is 1. The average Bonchev–Trinajstić information content (AvgIpc) is 3.36. The van der Waals surface area contributed by atoms with Crippen LogP contribution in [0.3, 0.4) is 0 Å². The van der Waals surface area contributed by atoms with E-state index in [1.807, 2.05) is 23.1 Å². The molecule has 27 heavy (non-hydrogen) atoms. The highest BCUT2D eigenvalue weighted by molar-refractivity contribution is 7.99. The van der Waals surface area contributed by atoms with E-state index in [1.165, 1.54) is 5.56 Å². The minimum absolute atomic E-state index is 0.258. The second kappa shape index (κ2) is 8.35. The first kappa shape index (κ1) is 18.4. The van der Waals surface area contributed by atoms with Crippen molar-refractivity contribution in [2.75, 3.05) is 19.4 Å². The lowest BCUT2D eigenvalue weighted by atomic mass is 10.1. The molecule has 0 radical (unpaired) electrons. The highest BCUT2D eigenvalue weighted by Crippen LogP contribution is 2.27. The quantitative estimate of drug-likeness (QED) is 0.707. The monoisotopic (exact) mass is 386 g/mol. The zero-order valence-electron chi connectivity index (χ0n) is 15.7. The van der Waals surface area contributed by atoms with Gasteiger partial charge in [-0.3, -0.25) is 4.79 Å². The van der Waals surface area contributed by atoms with E-state index in [1.54, 1.807) is 18.9 Å². The van der Waals surface area contributed by atoms with E-state index >= 15 is 0 Å². The normalized spacial score (nSPS) is 18.9. The summed E-state index contributed by atoms with van der Waals surface area (Å²) in [5.41, 5.74) is 2.22. The average molecular weight is 387 g/mol. The Morgan fingerprint density at radius 1 is 1.41 bits per heavy atom. The number of ether oxygens (including phenoxy) is 1. The largest absolute Gasteiger partial charge is 0.497 e. The molecule has 0 aliphatic carbocycles. The van der Waals surface area contributed by atoms with Gasteiger partial charge in [-0.05, 0) is 37.1 Å². The molecular weight excluding hydrogens is 360 g/mol. The third-order valence-corrected chi connectivity index (χ3v) is 6.23. The van der Waals surface area contributed by atoms with E-state index in [-0.39, 0.29) is 5.91 Å². The summed E-state index contributed by atoms with van der Waals surface area (Å²) in [6.07, 6.45) is 4.68. The van der Waals surface area contributed by atoms with Crippen molar-refractivity contribution < 1.29 is 9.53 Å². The fraction of sp³-hybridized carbons (Fsp3) is 0.500. The van der Waals surface area contributed by atoms with E-state index in [9.17, 15) is 4.79 Å². The molecule has 7 heteroatoms. The lowest BCUT2D eigenvalue weighted by Gasteiger charge is -2.24. The highest BCUT2D eigenvalue weighted by atomic mass is 32.2. The second-order valence-electron chi connectivity index (χ2n) is 7.09. The van der Waals surface area contributed by atoms with Crippen molar-refractivity contribution in [2.24, 2.45) is 0 Å². The Balaban J connectivity index is 1.27. The molecule has 4 rings (SSSR count). The van der Waals surface area contributed by atoms with Crippen molar-refractivity contribution >= 4 is 17.7 Å². The van der Waals surface area contributed by atoms with Gasteiger partial charge in [0.05, 0.1) is 19.3 Å². The van der Waals surface area contributed by atoms with Gasteiger partial charge in [0.2, 0.25) is 5.91 Å². The van der Waals surface area contributed by atoms with Crippen LogP contribution in [-0.4, -0.2) is 45.8 Å². The zero-order chi connectivity index (χ0) is 18.6. The van der Waals surface area contributed by atoms with Gasteiger partial charge in [0.1, 0.15) is 5.75 Å². The van der Waals surface area contributed by atoms with Gasteiger partial charge in [-0.25, -0.2) is 4.98 Å². The molecule has 6 nitrogen and oxygen atoms in total. The topological polar surface area (TPSA) is 59.4 Å². The van der Waals surface area contributed by atoms with Gasteiger partial charge < -0.3 is 19.5 Å². The zero-order valence-corrected chi connectivity index (χ0v) is 16.5. The van der Waals surface area contributed by atoms with Gasteiger partial charge in [-0.2, -0.15) is 0 Å². The SMILES string of the molecule is COc1cccc(CNCCC2CCC(=O)N2Cc2cn3c(n2)SCC3)c1. The number of aryl methyl sites for hydroxylation is 1. The molecule has 2 aliphatic heterocycles. The van der Waals surface area contributed by atoms with Gasteiger partial charge in [0.15, 0.2) is 5.16 Å². The summed E-state index contributed by atoms with van der Waals surface area (Å²) in [7, 11) is 1.69. The summed E-state index contributed by atoms with van der Waals surface area (Å²) in [5.74, 6) is 2.24. The van der Waals surface area contributed by atoms with Crippen LogP contribution in [0.25, 0.3) is 0 Å². The van der Waals surface area contributed by atoms with Crippen LogP contribution in [0.1, 0.15) is 30.5 Å². The maximum Gasteiger partial charge on any atom is 0.223 e. The molecule has 2 aromatic rings. The number of carbonyl (C=O) groups is 1. The molecule has 1 N–H and O–H groups in total. The fourth-order valence-corrected chi connectivity index (χ4v) is 4.77. The number of aromatic nitrogens is 2. The number of hydrogen-bond acceptors (Lipinski definition) is 5. The van der Waals surface area contributed by atoms with Crippen molar-refractivity contribution in [3.8, 4) is 5.75 Å². The van der Waals surface area contributed by atoms with Crippen LogP contribution in [0.15, 0.2) is 35.6 Å². The Kier molecular flexibility index (Phi) is 5.69. The summed E-state index contributed by atoms with van der Waals surface area (Å²) in [4.78, 5) is 19.0. The van der Waals surface area contributed by atoms with Crippen molar-refractivity contribution in [3.63, 3.8) is 0 Å². The van der Waals surface area contributed by atoms with Crippen molar-refractivity contribution in [3.05, 3.63) is 41.7 Å². The van der Waals surface area contributed by atoms with Gasteiger partial charge in [0.25, 0.3) is 0 Å². The molecule has 0 bridgehead atoms. The number of amides is 1. The lowest BCUT2D eigenvalue weighted by molar-refractivity contribution is -0.129. The number of benzene rings is 1. The molecule has 1 unspecified atom stereocenters. The molecular formula is C20H26N4O2S. The summed E-state index contributed by atoms with van der Waals surface area (Å²) in [6, 6.07) is 8.41. The Hall–Kier alpha value is -1.99. The maximum absolute atomic E-state index is 12.3. The Bertz CT molecular complexity index is 786. The summed E-state index contributed by atoms with van der Waals surface area (Å²) < 4.78 is 7.47. The number of nitrogens with zero attached hydrogens (tertiary/aromatic N) is 3. The van der Waals surface area contributed by atoms with Crippen LogP contribution < -0.4 is 10.1 Å². The molecule has 3 heterocycles. The molecule has 1 aromatic heterocycles. The Morgan fingerprint density at radius 3 is 3.19 bits per heavy atom. The Labute approximate surface area is 164 Å². The van der Waals surface area contributed by atoms with Crippen molar-refractivity contribution in [1.82, 2.24) is 19.8 Å². The second-order valence-corrected chi connectivity index (χ2v) is 8.15. The van der Waals surface area contributed by atoms with Crippen LogP contribution in [0.4, 0.5) is 0 Å². The minimum atomic E-state index is 0.258. The highest BCUT2D eigenvalue weighted by Gasteiger charge is 2.31. The van der Waals surface area contributed by atoms with Gasteiger partial charge in [-0.1, -0.05) is 23.9 Å². The van der Waals surface area contributed by atoms with Crippen LogP contribution in [0.5, 0.6) is 5.75 Å². The number of methoxy groups -OCH3 is 1. The smallest absolute Gasteiger partial charge is 0.223 e. The summed E-state index contributed by atoms with van der Waals surface area (Å²) >= 11 is 1.80. The maximum atomic E-state index is 12.3. The number of rotatable bonds is 8. The third kappa shape index (κ3) is 4.30. The number of nitrogens with one attached hydrogen (secondary N) is 1. The van der Waals surface area contributed by atoms with Gasteiger partial charge in [0, 0.05) is 37.5 Å². The Morgan fingerprint density at radius 2 is 2.33 bits per heavy atom. The molecule has 1 fully saturated rings. The molecule has 1 saturated heterocycles. The van der Waals surface area contributed by atoms with Crippen molar-refractivity contribution in [1.29, 1.82) is 0 Å². The van der Waals surface area contributed by atoms with E-state index in [0.29, 0.717) is 19.0 Å². The number of imidazole rings is 1. The van der Waals surface area contributed by atoms with Crippen LogP contribution in [0.2, 0.25) is 0 Å². The first-order valence-electron chi connectivity index (χ1n) is 9.55. The molecule has 144 valence electrons. The third-order valence-electron chi connectivity index (χ3n) is 5.26. The fourth-order valence-electron chi connectivity index (χ4n) is 3.81. The number of likely N-dealkylation sites (tertiary alicyclic amines) is 1. The molecule has 2 aliphatic rings. The minimum Gasteiger partial charge on any atom is -0.497 e. The molecule has 0 spiro atoms. The van der Waals surface area contributed by atoms with Crippen LogP contribution in [-0.2, 0) is 24.4 Å². The van der Waals surface area contributed by atoms with Gasteiger partial charge >= 0.3 is 0 Å². The molecule has 0 saturated carbocycles. The first-order valence-corrected chi connectivity index (χ1v) is 10.5. The molecule has 1 amide bonds. The standard InChI is InChI=1S/C20H26N4O2S/c1-26-18-4-2-3-15(11-18)12-21-8-7-17-5-6-19(25)24(17)14-16-13-23-9-10-27-20(23)22-16/h2-4,11,13,17,21H,5-10,12,14H2,1H3. The van der Waals surface area contributed by atoms with Crippen LogP contribution in [0, 0.1) is 0 Å².